The number of aryl methyl sites for hydroxylation is 1. The fraction of sp³-hybridized carbons (Fsp3) is 0.250. The number of hydrogen-bond acceptors (Lipinski definition) is 3. The molecule has 0 fully saturated rings. The zero-order valence-electron chi connectivity index (χ0n) is 12.0. The lowest BCUT2D eigenvalue weighted by atomic mass is 10.1. The highest BCUT2D eigenvalue weighted by molar-refractivity contribution is 5.35. The van der Waals surface area contributed by atoms with Crippen molar-refractivity contribution in [3.8, 4) is 0 Å². The molecular weight excluding hydrogens is 271 g/mol. The molecule has 4 nitrogen and oxygen atoms in total. The maximum Gasteiger partial charge on any atom is 0.272 e. The van der Waals surface area contributed by atoms with Crippen LogP contribution in [-0.2, 0) is 6.54 Å². The number of nitro groups is 1. The van der Waals surface area contributed by atoms with Crippen LogP contribution >= 0.6 is 0 Å². The molecule has 21 heavy (non-hydrogen) atoms. The molecule has 0 aliphatic carbocycles. The van der Waals surface area contributed by atoms with Gasteiger partial charge in [0, 0.05) is 18.7 Å². The summed E-state index contributed by atoms with van der Waals surface area (Å²) < 4.78 is 13.4. The zero-order chi connectivity index (χ0) is 15.4. The van der Waals surface area contributed by atoms with Crippen molar-refractivity contribution in [1.82, 2.24) is 5.32 Å². The van der Waals surface area contributed by atoms with E-state index in [0.717, 1.165) is 11.6 Å². The lowest BCUT2D eigenvalue weighted by Gasteiger charge is -2.15. The molecule has 2 aromatic rings. The summed E-state index contributed by atoms with van der Waals surface area (Å²) in [5, 5.41) is 14.0. The van der Waals surface area contributed by atoms with Crippen molar-refractivity contribution in [2.24, 2.45) is 0 Å². The average Bonchev–Trinajstić information content (AvgIpc) is 2.44. The van der Waals surface area contributed by atoms with Gasteiger partial charge in [0.05, 0.1) is 11.0 Å². The molecule has 0 unspecified atom stereocenters. The number of nitro benzene ring substituents is 1. The van der Waals surface area contributed by atoms with Gasteiger partial charge in [-0.25, -0.2) is 4.39 Å². The monoisotopic (exact) mass is 288 g/mol. The van der Waals surface area contributed by atoms with Gasteiger partial charge in [-0.15, -0.1) is 0 Å². The molecule has 5 heteroatoms. The first-order chi connectivity index (χ1) is 9.95. The molecule has 2 rings (SSSR count). The highest BCUT2D eigenvalue weighted by atomic mass is 19.1. The lowest BCUT2D eigenvalue weighted by molar-refractivity contribution is -0.385. The summed E-state index contributed by atoms with van der Waals surface area (Å²) in [5.41, 5.74) is 2.62. The van der Waals surface area contributed by atoms with Crippen LogP contribution in [0, 0.1) is 22.9 Å². The third-order valence-corrected chi connectivity index (χ3v) is 3.31. The Morgan fingerprint density at radius 3 is 2.71 bits per heavy atom. The first kappa shape index (κ1) is 15.1. The number of non-ortho nitro benzene ring substituents is 1. The SMILES string of the molecule is Cc1cccc([C@@H](C)NCc2cc(F)cc([N+](=O)[O-])c2)c1. The Kier molecular flexibility index (Phi) is 4.65. The van der Waals surface area contributed by atoms with Gasteiger partial charge in [-0.3, -0.25) is 10.1 Å². The molecular formula is C16H17FN2O2. The third-order valence-electron chi connectivity index (χ3n) is 3.31. The molecule has 0 heterocycles. The highest BCUT2D eigenvalue weighted by Crippen LogP contribution is 2.18. The van der Waals surface area contributed by atoms with E-state index in [-0.39, 0.29) is 11.7 Å². The molecule has 0 amide bonds. The minimum Gasteiger partial charge on any atom is -0.306 e. The third kappa shape index (κ3) is 4.10. The van der Waals surface area contributed by atoms with Crippen LogP contribution in [0.2, 0.25) is 0 Å². The van der Waals surface area contributed by atoms with Gasteiger partial charge >= 0.3 is 0 Å². The molecule has 0 aromatic heterocycles. The lowest BCUT2D eigenvalue weighted by Crippen LogP contribution is -2.18. The van der Waals surface area contributed by atoms with Crippen molar-refractivity contribution in [2.45, 2.75) is 26.4 Å². The topological polar surface area (TPSA) is 55.2 Å². The first-order valence-corrected chi connectivity index (χ1v) is 6.69. The minimum absolute atomic E-state index is 0.0761. The summed E-state index contributed by atoms with van der Waals surface area (Å²) >= 11 is 0. The Morgan fingerprint density at radius 1 is 1.29 bits per heavy atom. The number of nitrogens with zero attached hydrogens (tertiary/aromatic N) is 1. The van der Waals surface area contributed by atoms with Crippen LogP contribution < -0.4 is 5.32 Å². The molecule has 0 aliphatic heterocycles. The second-order valence-electron chi connectivity index (χ2n) is 5.09. The van der Waals surface area contributed by atoms with E-state index in [1.807, 2.05) is 32.0 Å². The number of benzene rings is 2. The van der Waals surface area contributed by atoms with Crippen LogP contribution in [0.15, 0.2) is 42.5 Å². The Morgan fingerprint density at radius 2 is 2.05 bits per heavy atom. The van der Waals surface area contributed by atoms with E-state index in [0.29, 0.717) is 12.1 Å². The number of halogens is 1. The van der Waals surface area contributed by atoms with E-state index in [1.54, 1.807) is 0 Å². The number of hydrogen-bond donors (Lipinski definition) is 1. The molecule has 0 aliphatic rings. The van der Waals surface area contributed by atoms with Crippen molar-refractivity contribution >= 4 is 5.69 Å². The molecule has 110 valence electrons. The Balaban J connectivity index is 2.07. The summed E-state index contributed by atoms with van der Waals surface area (Å²) in [4.78, 5) is 10.1. The molecule has 0 bridgehead atoms. The van der Waals surface area contributed by atoms with E-state index >= 15 is 0 Å². The van der Waals surface area contributed by atoms with Gasteiger partial charge in [-0.05, 0) is 31.0 Å². The fourth-order valence-corrected chi connectivity index (χ4v) is 2.17. The van der Waals surface area contributed by atoms with E-state index < -0.39 is 10.7 Å². The first-order valence-electron chi connectivity index (χ1n) is 6.69. The van der Waals surface area contributed by atoms with Crippen molar-refractivity contribution < 1.29 is 9.31 Å². The maximum atomic E-state index is 13.4. The summed E-state index contributed by atoms with van der Waals surface area (Å²) in [6.45, 7) is 4.39. The van der Waals surface area contributed by atoms with Gasteiger partial charge in [0.2, 0.25) is 0 Å². The predicted molar refractivity (Wildman–Crippen MR) is 79.5 cm³/mol. The normalized spacial score (nSPS) is 12.1. The summed E-state index contributed by atoms with van der Waals surface area (Å²) in [6, 6.07) is 11.8. The Labute approximate surface area is 122 Å². The molecule has 0 saturated carbocycles. The van der Waals surface area contributed by atoms with Crippen LogP contribution in [0.1, 0.15) is 29.7 Å². The van der Waals surface area contributed by atoms with Crippen LogP contribution in [0.25, 0.3) is 0 Å². The number of nitrogens with one attached hydrogen (secondary N) is 1. The Hall–Kier alpha value is -2.27. The zero-order valence-corrected chi connectivity index (χ0v) is 12.0. The maximum absolute atomic E-state index is 13.4. The van der Waals surface area contributed by atoms with E-state index in [4.69, 9.17) is 0 Å². The van der Waals surface area contributed by atoms with Crippen molar-refractivity contribution in [1.29, 1.82) is 0 Å². The average molecular weight is 288 g/mol. The molecule has 0 saturated heterocycles. The quantitative estimate of drug-likeness (QED) is 0.670. The van der Waals surface area contributed by atoms with Gasteiger partial charge in [0.25, 0.3) is 5.69 Å². The van der Waals surface area contributed by atoms with Crippen molar-refractivity contribution in [3.63, 3.8) is 0 Å². The second-order valence-corrected chi connectivity index (χ2v) is 5.09. The van der Waals surface area contributed by atoms with E-state index in [2.05, 4.69) is 11.4 Å². The molecule has 0 spiro atoms. The summed E-state index contributed by atoms with van der Waals surface area (Å²) in [7, 11) is 0. The second kappa shape index (κ2) is 6.45. The fourth-order valence-electron chi connectivity index (χ4n) is 2.17. The van der Waals surface area contributed by atoms with Crippen LogP contribution in [0.4, 0.5) is 10.1 Å². The molecule has 0 radical (unpaired) electrons. The predicted octanol–water partition coefficient (Wildman–Crippen LogP) is 3.89. The van der Waals surface area contributed by atoms with Crippen LogP contribution in [0.5, 0.6) is 0 Å². The smallest absolute Gasteiger partial charge is 0.272 e. The van der Waals surface area contributed by atoms with Gasteiger partial charge in [0.1, 0.15) is 5.82 Å². The van der Waals surface area contributed by atoms with Crippen LogP contribution in [0.3, 0.4) is 0 Å². The summed E-state index contributed by atoms with van der Waals surface area (Å²) in [6.07, 6.45) is 0. The van der Waals surface area contributed by atoms with Gasteiger partial charge < -0.3 is 5.32 Å². The highest BCUT2D eigenvalue weighted by Gasteiger charge is 2.11. The van der Waals surface area contributed by atoms with Crippen LogP contribution in [-0.4, -0.2) is 4.92 Å². The molecule has 1 atom stereocenters. The van der Waals surface area contributed by atoms with Gasteiger partial charge in [0.15, 0.2) is 0 Å². The van der Waals surface area contributed by atoms with E-state index in [1.165, 1.54) is 17.7 Å². The molecule has 1 N–H and O–H groups in total. The number of rotatable bonds is 5. The van der Waals surface area contributed by atoms with Crippen molar-refractivity contribution in [3.05, 3.63) is 75.1 Å². The van der Waals surface area contributed by atoms with E-state index in [9.17, 15) is 14.5 Å². The minimum atomic E-state index is -0.593. The van der Waals surface area contributed by atoms with Gasteiger partial charge in [-0.2, -0.15) is 0 Å². The largest absolute Gasteiger partial charge is 0.306 e. The van der Waals surface area contributed by atoms with Crippen molar-refractivity contribution in [2.75, 3.05) is 0 Å². The standard InChI is InChI=1S/C16H17FN2O2/c1-11-4-3-5-14(6-11)12(2)18-10-13-7-15(17)9-16(8-13)19(20)21/h3-9,12,18H,10H2,1-2H3/t12-/m1/s1. The molecule has 2 aromatic carbocycles. The Bertz CT molecular complexity index is 658. The van der Waals surface area contributed by atoms with Gasteiger partial charge in [-0.1, -0.05) is 29.8 Å². The summed E-state index contributed by atoms with van der Waals surface area (Å²) in [5.74, 6) is -0.593.